The van der Waals surface area contributed by atoms with Gasteiger partial charge in [-0.25, -0.2) is 8.42 Å². The maximum atomic E-state index is 12.6. The Morgan fingerprint density at radius 2 is 1.64 bits per heavy atom. The summed E-state index contributed by atoms with van der Waals surface area (Å²) in [4.78, 5) is 0.934. The Labute approximate surface area is 157 Å². The number of aliphatic hydroxyl groups is 2. The highest BCUT2D eigenvalue weighted by molar-refractivity contribution is 9.10. The molecule has 0 aliphatic heterocycles. The minimum Gasteiger partial charge on any atom is -0.364 e. The topological polar surface area (TPSA) is 86.6 Å². The molecule has 5 nitrogen and oxygen atoms in total. The van der Waals surface area contributed by atoms with E-state index in [1.807, 2.05) is 30.3 Å². The zero-order chi connectivity index (χ0) is 18.0. The number of rotatable bonds is 5. The van der Waals surface area contributed by atoms with E-state index in [1.54, 1.807) is 24.3 Å². The minimum atomic E-state index is -3.88. The standard InChI is InChI=1S/C17H14BrNO4S2/c18-12-8-4-5-9-15(12)25(22,23)19-13-10-14(24-16(13)17(20)21)11-6-2-1-3-7-11/h1-10,17,19-21H. The first-order valence-corrected chi connectivity index (χ1v) is 10.3. The summed E-state index contributed by atoms with van der Waals surface area (Å²) in [5, 5.41) is 19.2. The van der Waals surface area contributed by atoms with E-state index >= 15 is 0 Å². The minimum absolute atomic E-state index is 0.0702. The Hall–Kier alpha value is -1.71. The van der Waals surface area contributed by atoms with Gasteiger partial charge >= 0.3 is 0 Å². The lowest BCUT2D eigenvalue weighted by atomic mass is 10.2. The van der Waals surface area contributed by atoms with E-state index < -0.39 is 16.3 Å². The molecule has 0 aliphatic rings. The van der Waals surface area contributed by atoms with Crippen LogP contribution in [0.4, 0.5) is 5.69 Å². The molecule has 1 aromatic heterocycles. The third-order valence-electron chi connectivity index (χ3n) is 3.42. The molecule has 25 heavy (non-hydrogen) atoms. The van der Waals surface area contributed by atoms with Gasteiger partial charge in [0.05, 0.1) is 10.6 Å². The predicted molar refractivity (Wildman–Crippen MR) is 102 cm³/mol. The van der Waals surface area contributed by atoms with Crippen LogP contribution in [0, 0.1) is 0 Å². The summed E-state index contributed by atoms with van der Waals surface area (Å²) in [6.45, 7) is 0. The molecule has 2 aromatic carbocycles. The van der Waals surface area contributed by atoms with Gasteiger partial charge in [0.2, 0.25) is 0 Å². The van der Waals surface area contributed by atoms with Crippen molar-refractivity contribution in [3.05, 3.63) is 70.0 Å². The number of hydrogen-bond acceptors (Lipinski definition) is 5. The lowest BCUT2D eigenvalue weighted by molar-refractivity contribution is -0.0389. The normalized spacial score (nSPS) is 11.7. The Balaban J connectivity index is 2.02. The summed E-state index contributed by atoms with van der Waals surface area (Å²) in [7, 11) is -3.88. The first kappa shape index (κ1) is 18.1. The SMILES string of the molecule is O=S(=O)(Nc1cc(-c2ccccc2)sc1C(O)O)c1ccccc1Br. The third kappa shape index (κ3) is 3.94. The summed E-state index contributed by atoms with van der Waals surface area (Å²) in [6, 6.07) is 17.3. The van der Waals surface area contributed by atoms with Gasteiger partial charge < -0.3 is 10.2 Å². The van der Waals surface area contributed by atoms with E-state index in [9.17, 15) is 18.6 Å². The molecule has 0 fully saturated rings. The van der Waals surface area contributed by atoms with Crippen molar-refractivity contribution in [2.45, 2.75) is 11.2 Å². The molecule has 0 bridgehead atoms. The molecule has 1 heterocycles. The molecule has 0 radical (unpaired) electrons. The molecule has 0 amide bonds. The fraction of sp³-hybridized carbons (Fsp3) is 0.0588. The highest BCUT2D eigenvalue weighted by atomic mass is 79.9. The van der Waals surface area contributed by atoms with Gasteiger partial charge in [0, 0.05) is 9.35 Å². The van der Waals surface area contributed by atoms with E-state index in [0.717, 1.165) is 21.8 Å². The van der Waals surface area contributed by atoms with Crippen LogP contribution in [0.1, 0.15) is 11.2 Å². The van der Waals surface area contributed by atoms with Gasteiger partial charge in [-0.15, -0.1) is 11.3 Å². The van der Waals surface area contributed by atoms with Gasteiger partial charge in [-0.05, 0) is 39.7 Å². The van der Waals surface area contributed by atoms with Crippen LogP contribution in [0.5, 0.6) is 0 Å². The Bertz CT molecular complexity index is 985. The van der Waals surface area contributed by atoms with E-state index in [0.29, 0.717) is 4.47 Å². The Kier molecular flexibility index (Phi) is 5.26. The quantitative estimate of drug-likeness (QED) is 0.525. The highest BCUT2D eigenvalue weighted by Gasteiger charge is 2.23. The van der Waals surface area contributed by atoms with Crippen LogP contribution in [0.2, 0.25) is 0 Å². The van der Waals surface area contributed by atoms with Gasteiger partial charge in [-0.2, -0.15) is 0 Å². The number of nitrogens with one attached hydrogen (secondary N) is 1. The average molecular weight is 440 g/mol. The molecule has 3 aromatic rings. The predicted octanol–water partition coefficient (Wildman–Crippen LogP) is 3.96. The Morgan fingerprint density at radius 1 is 1.00 bits per heavy atom. The molecule has 8 heteroatoms. The third-order valence-corrected chi connectivity index (χ3v) is 7.03. The fourth-order valence-electron chi connectivity index (χ4n) is 2.28. The van der Waals surface area contributed by atoms with E-state index in [1.165, 1.54) is 6.07 Å². The van der Waals surface area contributed by atoms with Crippen molar-refractivity contribution in [1.82, 2.24) is 0 Å². The van der Waals surface area contributed by atoms with Crippen molar-refractivity contribution < 1.29 is 18.6 Å². The molecule has 0 unspecified atom stereocenters. The summed E-state index contributed by atoms with van der Waals surface area (Å²) >= 11 is 4.34. The maximum absolute atomic E-state index is 12.6. The fourth-order valence-corrected chi connectivity index (χ4v) is 5.42. The summed E-state index contributed by atoms with van der Waals surface area (Å²) in [6.07, 6.45) is -1.78. The van der Waals surface area contributed by atoms with Crippen LogP contribution >= 0.6 is 27.3 Å². The van der Waals surface area contributed by atoms with Crippen molar-refractivity contribution in [2.24, 2.45) is 0 Å². The number of thiophene rings is 1. The van der Waals surface area contributed by atoms with Gasteiger partial charge in [-0.3, -0.25) is 4.72 Å². The van der Waals surface area contributed by atoms with Gasteiger partial charge in [-0.1, -0.05) is 42.5 Å². The smallest absolute Gasteiger partial charge is 0.263 e. The van der Waals surface area contributed by atoms with Crippen LogP contribution in [-0.2, 0) is 10.0 Å². The molecule has 0 aliphatic carbocycles. The van der Waals surface area contributed by atoms with Crippen molar-refractivity contribution >= 4 is 43.0 Å². The van der Waals surface area contributed by atoms with Gasteiger partial charge in [0.1, 0.15) is 4.90 Å². The van der Waals surface area contributed by atoms with Crippen molar-refractivity contribution in [3.63, 3.8) is 0 Å². The summed E-state index contributed by atoms with van der Waals surface area (Å²) in [5.74, 6) is 0. The molecule has 0 saturated heterocycles. The summed E-state index contributed by atoms with van der Waals surface area (Å²) in [5.41, 5.74) is 1.01. The second kappa shape index (κ2) is 7.27. The van der Waals surface area contributed by atoms with Crippen LogP contribution in [-0.4, -0.2) is 18.6 Å². The van der Waals surface area contributed by atoms with Crippen molar-refractivity contribution in [2.75, 3.05) is 4.72 Å². The number of sulfonamides is 1. The highest BCUT2D eigenvalue weighted by Crippen LogP contribution is 2.39. The average Bonchev–Trinajstić information content (AvgIpc) is 2.99. The van der Waals surface area contributed by atoms with Crippen LogP contribution in [0.3, 0.4) is 0 Å². The van der Waals surface area contributed by atoms with E-state index in [2.05, 4.69) is 20.7 Å². The number of aliphatic hydroxyl groups excluding tert-OH is 1. The van der Waals surface area contributed by atoms with Crippen LogP contribution < -0.4 is 4.72 Å². The van der Waals surface area contributed by atoms with Crippen LogP contribution in [0.25, 0.3) is 10.4 Å². The molecule has 130 valence electrons. The molecular formula is C17H14BrNO4S2. The number of halogens is 1. The molecule has 0 spiro atoms. The first-order valence-electron chi connectivity index (χ1n) is 7.21. The van der Waals surface area contributed by atoms with Crippen molar-refractivity contribution in [3.8, 4) is 10.4 Å². The number of anilines is 1. The molecule has 3 N–H and O–H groups in total. The second-order valence-corrected chi connectivity index (χ2v) is 8.75. The second-order valence-electron chi connectivity index (χ2n) is 5.16. The Morgan fingerprint density at radius 3 is 2.28 bits per heavy atom. The molecular weight excluding hydrogens is 426 g/mol. The molecule has 0 atom stereocenters. The molecule has 0 saturated carbocycles. The van der Waals surface area contributed by atoms with Gasteiger partial charge in [0.15, 0.2) is 6.29 Å². The largest absolute Gasteiger partial charge is 0.364 e. The zero-order valence-electron chi connectivity index (χ0n) is 12.8. The first-order chi connectivity index (χ1) is 11.9. The van der Waals surface area contributed by atoms with Crippen LogP contribution in [0.15, 0.2) is 70.0 Å². The number of benzene rings is 2. The zero-order valence-corrected chi connectivity index (χ0v) is 16.0. The number of hydrogen-bond donors (Lipinski definition) is 3. The summed E-state index contributed by atoms with van der Waals surface area (Å²) < 4.78 is 28.2. The van der Waals surface area contributed by atoms with E-state index in [-0.39, 0.29) is 15.5 Å². The molecule has 3 rings (SSSR count). The lowest BCUT2D eigenvalue weighted by Crippen LogP contribution is -2.14. The van der Waals surface area contributed by atoms with Crippen molar-refractivity contribution in [1.29, 1.82) is 0 Å². The maximum Gasteiger partial charge on any atom is 0.263 e. The lowest BCUT2D eigenvalue weighted by Gasteiger charge is -2.10. The van der Waals surface area contributed by atoms with Gasteiger partial charge in [0.25, 0.3) is 10.0 Å². The monoisotopic (exact) mass is 439 g/mol. The van der Waals surface area contributed by atoms with E-state index in [4.69, 9.17) is 0 Å².